The summed E-state index contributed by atoms with van der Waals surface area (Å²) in [5, 5.41) is 11.7. The average molecular weight is 737 g/mol. The van der Waals surface area contributed by atoms with E-state index in [-0.39, 0.29) is 10.2 Å². The minimum absolute atomic E-state index is 0.0877. The predicted octanol–water partition coefficient (Wildman–Crippen LogP) is 5.32. The van der Waals surface area contributed by atoms with E-state index in [0.717, 1.165) is 14.6 Å². The molecule has 42 heavy (non-hydrogen) atoms. The van der Waals surface area contributed by atoms with Crippen molar-refractivity contribution in [3.8, 4) is 11.5 Å². The zero-order valence-electron chi connectivity index (χ0n) is 22.6. The van der Waals surface area contributed by atoms with Crippen molar-refractivity contribution in [1.29, 1.82) is 0 Å². The molecule has 0 aromatic heterocycles. The fraction of sp³-hybridized carbons (Fsp3) is 0.214. The maximum Gasteiger partial charge on any atom is 0.261 e. The zero-order valence-corrected chi connectivity index (χ0v) is 27.4. The largest absolute Gasteiger partial charge is 0.496 e. The lowest BCUT2D eigenvalue weighted by Gasteiger charge is -2.31. The summed E-state index contributed by atoms with van der Waals surface area (Å²) in [5.74, 6) is -0.0360. The van der Waals surface area contributed by atoms with E-state index in [1.807, 2.05) is 12.1 Å². The number of hydrogen-bond donors (Lipinski definition) is 4. The van der Waals surface area contributed by atoms with Crippen molar-refractivity contribution < 1.29 is 23.8 Å². The summed E-state index contributed by atoms with van der Waals surface area (Å²) in [6.07, 6.45) is 0. The highest BCUT2D eigenvalue weighted by Crippen LogP contribution is 2.31. The van der Waals surface area contributed by atoms with Gasteiger partial charge in [-0.25, -0.2) is 0 Å². The number of anilines is 3. The zero-order chi connectivity index (χ0) is 30.2. The van der Waals surface area contributed by atoms with Crippen LogP contribution in [0.1, 0.15) is 20.7 Å². The third-order valence-corrected chi connectivity index (χ3v) is 7.52. The lowest BCUT2D eigenvalue weighted by atomic mass is 10.2. The number of methoxy groups -OCH3 is 2. The van der Waals surface area contributed by atoms with Crippen LogP contribution < -0.4 is 35.6 Å². The molecule has 0 radical (unpaired) electrons. The van der Waals surface area contributed by atoms with E-state index in [1.54, 1.807) is 42.5 Å². The number of nitrogens with one attached hydrogen (secondary N) is 4. The number of carbonyl (C=O) groups excluding carboxylic acids is 2. The number of halogens is 2. The minimum Gasteiger partial charge on any atom is -0.496 e. The number of nitrogens with zero attached hydrogens (tertiary/aromatic N) is 1. The van der Waals surface area contributed by atoms with E-state index in [4.69, 9.17) is 38.6 Å². The van der Waals surface area contributed by atoms with Crippen LogP contribution in [0.5, 0.6) is 11.5 Å². The second-order valence-corrected chi connectivity index (χ2v) is 11.5. The van der Waals surface area contributed by atoms with Gasteiger partial charge in [-0.05, 0) is 79.0 Å². The molecule has 220 valence electrons. The Morgan fingerprint density at radius 1 is 0.786 bits per heavy atom. The number of ether oxygens (including phenoxy) is 3. The molecule has 3 aromatic rings. The highest BCUT2D eigenvalue weighted by atomic mass is 79.9. The minimum atomic E-state index is -0.431. The fourth-order valence-corrected chi connectivity index (χ4v) is 5.30. The lowest BCUT2D eigenvalue weighted by Crippen LogP contribution is -2.38. The molecule has 0 atom stereocenters. The van der Waals surface area contributed by atoms with Gasteiger partial charge in [0.1, 0.15) is 11.5 Å². The molecule has 2 amide bonds. The topological polar surface area (TPSA) is 113 Å². The van der Waals surface area contributed by atoms with Gasteiger partial charge in [-0.1, -0.05) is 31.9 Å². The Balaban J connectivity index is 1.51. The molecular formula is C28H27Br2N5O5S2. The van der Waals surface area contributed by atoms with Gasteiger partial charge >= 0.3 is 0 Å². The number of rotatable bonds is 7. The second kappa shape index (κ2) is 14.7. The van der Waals surface area contributed by atoms with Gasteiger partial charge in [0.2, 0.25) is 0 Å². The van der Waals surface area contributed by atoms with Crippen molar-refractivity contribution in [1.82, 2.24) is 10.6 Å². The molecule has 10 nitrogen and oxygen atoms in total. The molecule has 0 unspecified atom stereocenters. The van der Waals surface area contributed by atoms with Crippen molar-refractivity contribution in [2.75, 3.05) is 56.1 Å². The van der Waals surface area contributed by atoms with Crippen molar-refractivity contribution in [2.24, 2.45) is 0 Å². The third-order valence-electron chi connectivity index (χ3n) is 6.12. The van der Waals surface area contributed by atoms with Gasteiger partial charge in [0.05, 0.1) is 49.9 Å². The Labute approximate surface area is 270 Å². The number of amides is 2. The molecule has 1 saturated heterocycles. The van der Waals surface area contributed by atoms with Crippen LogP contribution in [0.2, 0.25) is 0 Å². The molecule has 0 bridgehead atoms. The van der Waals surface area contributed by atoms with Crippen molar-refractivity contribution >= 4 is 95.4 Å². The van der Waals surface area contributed by atoms with E-state index >= 15 is 0 Å². The molecule has 14 heteroatoms. The Bertz CT molecular complexity index is 1520. The molecule has 3 aromatic carbocycles. The summed E-state index contributed by atoms with van der Waals surface area (Å²) in [6.45, 7) is 2.52. The first-order chi connectivity index (χ1) is 20.2. The molecule has 1 heterocycles. The van der Waals surface area contributed by atoms with Crippen LogP contribution in [-0.4, -0.2) is 62.6 Å². The molecule has 4 rings (SSSR count). The third kappa shape index (κ3) is 8.16. The summed E-state index contributed by atoms with van der Waals surface area (Å²) >= 11 is 17.7. The molecule has 1 aliphatic rings. The van der Waals surface area contributed by atoms with Crippen molar-refractivity contribution in [2.45, 2.75) is 0 Å². The van der Waals surface area contributed by atoms with E-state index in [9.17, 15) is 9.59 Å². The van der Waals surface area contributed by atoms with Crippen LogP contribution in [0.15, 0.2) is 63.5 Å². The first kappa shape index (κ1) is 31.6. The maximum atomic E-state index is 13.0. The summed E-state index contributed by atoms with van der Waals surface area (Å²) in [4.78, 5) is 28.1. The molecule has 1 fully saturated rings. The normalized spacial score (nSPS) is 12.6. The first-order valence-corrected chi connectivity index (χ1v) is 15.0. The lowest BCUT2D eigenvalue weighted by molar-refractivity contribution is 0.0966. The molecule has 0 aliphatic carbocycles. The highest BCUT2D eigenvalue weighted by molar-refractivity contribution is 9.10. The summed E-state index contributed by atoms with van der Waals surface area (Å²) < 4.78 is 17.6. The molecular weight excluding hydrogens is 710 g/mol. The van der Waals surface area contributed by atoms with Gasteiger partial charge in [0, 0.05) is 27.7 Å². The Morgan fingerprint density at radius 3 is 1.83 bits per heavy atom. The van der Waals surface area contributed by atoms with Crippen LogP contribution in [0.3, 0.4) is 0 Å². The first-order valence-electron chi connectivity index (χ1n) is 12.6. The van der Waals surface area contributed by atoms with Crippen molar-refractivity contribution in [3.63, 3.8) is 0 Å². The van der Waals surface area contributed by atoms with Gasteiger partial charge < -0.3 is 29.7 Å². The van der Waals surface area contributed by atoms with Crippen molar-refractivity contribution in [3.05, 3.63) is 74.7 Å². The number of thiocarbonyl (C=S) groups is 2. The number of carbonyl (C=O) groups is 2. The molecule has 4 N–H and O–H groups in total. The molecule has 0 saturated carbocycles. The Hall–Kier alpha value is -3.30. The Morgan fingerprint density at radius 2 is 1.31 bits per heavy atom. The van der Waals surface area contributed by atoms with Crippen LogP contribution in [0.25, 0.3) is 0 Å². The highest BCUT2D eigenvalue weighted by Gasteiger charge is 2.19. The van der Waals surface area contributed by atoms with E-state index in [1.165, 1.54) is 14.2 Å². The van der Waals surface area contributed by atoms with Gasteiger partial charge in [-0.15, -0.1) is 0 Å². The van der Waals surface area contributed by atoms with Gasteiger partial charge in [0.25, 0.3) is 11.8 Å². The fourth-order valence-electron chi connectivity index (χ4n) is 4.17. The SMILES string of the molecule is COc1ccc(Br)cc1C(=O)NC(=S)Nc1ccc(N2CCOCC2)c(NC(=S)NC(=O)c2cc(Br)ccc2OC)c1. The summed E-state index contributed by atoms with van der Waals surface area (Å²) in [6, 6.07) is 15.8. The van der Waals surface area contributed by atoms with Crippen LogP contribution in [-0.2, 0) is 4.74 Å². The van der Waals surface area contributed by atoms with Gasteiger partial charge in [-0.2, -0.15) is 0 Å². The Kier molecular flexibility index (Phi) is 11.1. The van der Waals surface area contributed by atoms with Crippen LogP contribution >= 0.6 is 56.3 Å². The number of hydrogen-bond acceptors (Lipinski definition) is 8. The molecule has 0 spiro atoms. The number of benzene rings is 3. The smallest absolute Gasteiger partial charge is 0.261 e. The molecule has 1 aliphatic heterocycles. The maximum absolute atomic E-state index is 13.0. The summed E-state index contributed by atoms with van der Waals surface area (Å²) in [7, 11) is 2.98. The van der Waals surface area contributed by atoms with Crippen LogP contribution in [0.4, 0.5) is 17.1 Å². The van der Waals surface area contributed by atoms with Gasteiger partial charge in [-0.3, -0.25) is 20.2 Å². The standard InChI is InChI=1S/C28H27Br2N5O5S2/c1-38-23-7-3-16(29)13-19(23)25(36)33-27(41)31-18-5-6-22(35-9-11-40-12-10-35)21(15-18)32-28(42)34-26(37)20-14-17(30)4-8-24(20)39-2/h3-8,13-15H,9-12H2,1-2H3,(H2,31,33,36,41)(H2,32,34,37,42). The van der Waals surface area contributed by atoms with E-state index in [0.29, 0.717) is 60.3 Å². The second-order valence-electron chi connectivity index (χ2n) is 8.84. The van der Waals surface area contributed by atoms with E-state index in [2.05, 4.69) is 58.0 Å². The van der Waals surface area contributed by atoms with Gasteiger partial charge in [0.15, 0.2) is 10.2 Å². The van der Waals surface area contributed by atoms with Crippen LogP contribution in [0, 0.1) is 0 Å². The predicted molar refractivity (Wildman–Crippen MR) is 178 cm³/mol. The average Bonchev–Trinajstić information content (AvgIpc) is 2.97. The monoisotopic (exact) mass is 735 g/mol. The summed E-state index contributed by atoms with van der Waals surface area (Å²) in [5.41, 5.74) is 2.71. The number of morpholine rings is 1. The quantitative estimate of drug-likeness (QED) is 0.238. The van der Waals surface area contributed by atoms with E-state index < -0.39 is 11.8 Å².